The molecular formula is C20H27NS. The van der Waals surface area contributed by atoms with Crippen molar-refractivity contribution in [1.29, 1.82) is 0 Å². The first-order valence-electron chi connectivity index (χ1n) is 8.06. The van der Waals surface area contributed by atoms with Crippen LogP contribution in [0.4, 0.5) is 0 Å². The highest BCUT2D eigenvalue weighted by molar-refractivity contribution is 8.00. The average Bonchev–Trinajstić information content (AvgIpc) is 2.55. The summed E-state index contributed by atoms with van der Waals surface area (Å²) in [5, 5.41) is 0.251. The summed E-state index contributed by atoms with van der Waals surface area (Å²) in [6.07, 6.45) is 5.29. The summed E-state index contributed by atoms with van der Waals surface area (Å²) >= 11 is 1.90. The third kappa shape index (κ3) is 3.49. The molecule has 1 aliphatic rings. The van der Waals surface area contributed by atoms with Gasteiger partial charge in [-0.1, -0.05) is 64.1 Å². The monoisotopic (exact) mass is 313 g/mol. The van der Waals surface area contributed by atoms with Crippen LogP contribution in [0.2, 0.25) is 0 Å². The van der Waals surface area contributed by atoms with E-state index in [0.717, 1.165) is 12.1 Å². The van der Waals surface area contributed by atoms with E-state index in [0.29, 0.717) is 11.8 Å². The highest BCUT2D eigenvalue weighted by Crippen LogP contribution is 2.41. The zero-order chi connectivity index (χ0) is 16.3. The molecule has 2 atom stereocenters. The molecule has 0 fully saturated rings. The Morgan fingerprint density at radius 2 is 2.00 bits per heavy atom. The number of fused-ring (bicyclic) bond motifs is 1. The lowest BCUT2D eigenvalue weighted by Crippen LogP contribution is -2.19. The van der Waals surface area contributed by atoms with E-state index in [-0.39, 0.29) is 5.25 Å². The summed E-state index contributed by atoms with van der Waals surface area (Å²) in [6.45, 7) is 13.2. The molecule has 0 bridgehead atoms. The number of allylic oxidation sites excluding steroid dienone is 2. The van der Waals surface area contributed by atoms with Gasteiger partial charge in [-0.15, -0.1) is 11.8 Å². The topological polar surface area (TPSA) is 26.0 Å². The van der Waals surface area contributed by atoms with E-state index < -0.39 is 0 Å². The van der Waals surface area contributed by atoms with Crippen molar-refractivity contribution >= 4 is 11.8 Å². The largest absolute Gasteiger partial charge is 0.399 e. The second-order valence-electron chi connectivity index (χ2n) is 6.26. The predicted molar refractivity (Wildman–Crippen MR) is 99.1 cm³/mol. The van der Waals surface area contributed by atoms with Crippen LogP contribution >= 0.6 is 11.8 Å². The number of hydrogen-bond donors (Lipinski definition) is 1. The smallest absolute Gasteiger partial charge is 0.0536 e. The molecule has 1 aromatic rings. The van der Waals surface area contributed by atoms with Gasteiger partial charge in [0.15, 0.2) is 0 Å². The molecule has 2 unspecified atom stereocenters. The first kappa shape index (κ1) is 17.0. The second-order valence-corrected chi connectivity index (χ2v) is 7.41. The molecule has 0 saturated heterocycles. The molecule has 0 aromatic heterocycles. The lowest BCUT2D eigenvalue weighted by Gasteiger charge is -2.26. The van der Waals surface area contributed by atoms with Crippen LogP contribution < -0.4 is 5.73 Å². The Balaban J connectivity index is 2.61. The van der Waals surface area contributed by atoms with Crippen LogP contribution in [-0.2, 0) is 0 Å². The van der Waals surface area contributed by atoms with Crippen LogP contribution in [0.1, 0.15) is 45.6 Å². The SMILES string of the molecule is C=C(CC)C1Sc2ccccc2C(C)/C=C\C(N)=C\1C(C)C. The molecule has 22 heavy (non-hydrogen) atoms. The Bertz CT molecular complexity index is 610. The van der Waals surface area contributed by atoms with Crippen molar-refractivity contribution in [2.45, 2.75) is 50.2 Å². The molecule has 1 aliphatic heterocycles. The van der Waals surface area contributed by atoms with Crippen molar-refractivity contribution in [3.05, 3.63) is 65.4 Å². The van der Waals surface area contributed by atoms with Gasteiger partial charge < -0.3 is 5.73 Å². The molecule has 2 heteroatoms. The third-order valence-electron chi connectivity index (χ3n) is 4.28. The Morgan fingerprint density at radius 1 is 1.32 bits per heavy atom. The first-order chi connectivity index (χ1) is 10.5. The van der Waals surface area contributed by atoms with Gasteiger partial charge in [0.05, 0.1) is 5.25 Å². The number of rotatable bonds is 3. The van der Waals surface area contributed by atoms with E-state index in [1.54, 1.807) is 0 Å². The Labute approximate surface area is 139 Å². The molecule has 0 aliphatic carbocycles. The Hall–Kier alpha value is -1.41. The fraction of sp³-hybridized carbons (Fsp3) is 0.400. The summed E-state index contributed by atoms with van der Waals surface area (Å²) in [6, 6.07) is 8.68. The van der Waals surface area contributed by atoms with Crippen molar-refractivity contribution in [1.82, 2.24) is 0 Å². The van der Waals surface area contributed by atoms with E-state index in [9.17, 15) is 0 Å². The minimum Gasteiger partial charge on any atom is -0.399 e. The maximum atomic E-state index is 6.44. The van der Waals surface area contributed by atoms with Crippen LogP contribution in [0.25, 0.3) is 0 Å². The summed E-state index contributed by atoms with van der Waals surface area (Å²) in [5.41, 5.74) is 11.3. The van der Waals surface area contributed by atoms with Crippen molar-refractivity contribution in [2.24, 2.45) is 11.7 Å². The Kier molecular flexibility index (Phi) is 5.57. The van der Waals surface area contributed by atoms with Gasteiger partial charge in [-0.25, -0.2) is 0 Å². The molecule has 118 valence electrons. The minimum absolute atomic E-state index is 0.251. The van der Waals surface area contributed by atoms with Gasteiger partial charge in [-0.3, -0.25) is 0 Å². The van der Waals surface area contributed by atoms with Gasteiger partial charge in [0, 0.05) is 16.5 Å². The van der Waals surface area contributed by atoms with Gasteiger partial charge in [0.2, 0.25) is 0 Å². The summed E-state index contributed by atoms with van der Waals surface area (Å²) < 4.78 is 0. The maximum absolute atomic E-state index is 6.44. The van der Waals surface area contributed by atoms with E-state index in [1.807, 2.05) is 11.8 Å². The predicted octanol–water partition coefficient (Wildman–Crippen LogP) is 5.66. The molecule has 1 heterocycles. The summed E-state index contributed by atoms with van der Waals surface area (Å²) in [7, 11) is 0. The average molecular weight is 314 g/mol. The molecule has 0 radical (unpaired) electrons. The van der Waals surface area contributed by atoms with Gasteiger partial charge in [0.25, 0.3) is 0 Å². The van der Waals surface area contributed by atoms with Crippen LogP contribution in [0.3, 0.4) is 0 Å². The first-order valence-corrected chi connectivity index (χ1v) is 8.94. The molecule has 2 N–H and O–H groups in total. The number of hydrogen-bond acceptors (Lipinski definition) is 2. The standard InChI is InChI=1S/C20H27NS/c1-6-14(4)20-19(13(2)3)17(21)12-11-15(5)16-9-7-8-10-18(16)22-20/h7-13,15,20H,4,6,21H2,1-3,5H3/b12-11-,19-17-. The number of benzene rings is 1. The Morgan fingerprint density at radius 3 is 2.64 bits per heavy atom. The van der Waals surface area contributed by atoms with E-state index in [1.165, 1.54) is 21.6 Å². The maximum Gasteiger partial charge on any atom is 0.0536 e. The number of nitrogens with two attached hydrogens (primary N) is 1. The van der Waals surface area contributed by atoms with Crippen LogP contribution in [0.15, 0.2) is 64.7 Å². The van der Waals surface area contributed by atoms with Crippen molar-refractivity contribution in [3.8, 4) is 0 Å². The van der Waals surface area contributed by atoms with Crippen LogP contribution in [0, 0.1) is 5.92 Å². The minimum atomic E-state index is 0.251. The molecule has 1 aromatic carbocycles. The molecule has 1 nitrogen and oxygen atoms in total. The summed E-state index contributed by atoms with van der Waals surface area (Å²) in [4.78, 5) is 1.34. The second kappa shape index (κ2) is 7.23. The van der Waals surface area contributed by atoms with Crippen LogP contribution in [-0.4, -0.2) is 5.25 Å². The lowest BCUT2D eigenvalue weighted by atomic mass is 9.92. The zero-order valence-electron chi connectivity index (χ0n) is 14.1. The normalized spacial score (nSPS) is 26.8. The van der Waals surface area contributed by atoms with E-state index in [4.69, 9.17) is 5.73 Å². The van der Waals surface area contributed by atoms with Crippen molar-refractivity contribution in [2.75, 3.05) is 0 Å². The quantitative estimate of drug-likeness (QED) is 0.729. The highest BCUT2D eigenvalue weighted by atomic mass is 32.2. The van der Waals surface area contributed by atoms with E-state index in [2.05, 4.69) is 70.7 Å². The van der Waals surface area contributed by atoms with Gasteiger partial charge in [-0.2, -0.15) is 0 Å². The fourth-order valence-electron chi connectivity index (χ4n) is 2.88. The third-order valence-corrected chi connectivity index (χ3v) is 5.73. The van der Waals surface area contributed by atoms with Gasteiger partial charge >= 0.3 is 0 Å². The molecule has 0 spiro atoms. The molecule has 2 rings (SSSR count). The van der Waals surface area contributed by atoms with Crippen molar-refractivity contribution < 1.29 is 0 Å². The summed E-state index contributed by atoms with van der Waals surface area (Å²) in [5.74, 6) is 0.773. The van der Waals surface area contributed by atoms with Gasteiger partial charge in [-0.05, 0) is 35.6 Å². The number of thioether (sulfide) groups is 1. The fourth-order valence-corrected chi connectivity index (χ4v) is 4.55. The molecular weight excluding hydrogens is 286 g/mol. The van der Waals surface area contributed by atoms with E-state index >= 15 is 0 Å². The van der Waals surface area contributed by atoms with Crippen molar-refractivity contribution in [3.63, 3.8) is 0 Å². The van der Waals surface area contributed by atoms with Gasteiger partial charge in [0.1, 0.15) is 0 Å². The lowest BCUT2D eigenvalue weighted by molar-refractivity contribution is 0.727. The highest BCUT2D eigenvalue weighted by Gasteiger charge is 2.25. The zero-order valence-corrected chi connectivity index (χ0v) is 14.9. The van der Waals surface area contributed by atoms with Crippen LogP contribution in [0.5, 0.6) is 0 Å². The molecule has 0 saturated carbocycles. The molecule has 0 amide bonds.